The standard InChI is InChI=1S/C22H34O5/c1-12-8-16-15-5-4-13-9-14(24)6-7-20(13,2)19(15)17(25)10-21(16,3)22(12,27)18(26)11-23/h12-13,15-17,19,23,25,27H,4-11H2,1-3H3/t12-,13+,15+,16+,17+,19-,20+,21+,22+/m1/s1. The molecule has 4 aliphatic rings. The van der Waals surface area contributed by atoms with Gasteiger partial charge in [-0.1, -0.05) is 20.8 Å². The molecule has 0 unspecified atom stereocenters. The fourth-order valence-corrected chi connectivity index (χ4v) is 8.22. The quantitative estimate of drug-likeness (QED) is 0.684. The van der Waals surface area contributed by atoms with E-state index in [2.05, 4.69) is 6.92 Å². The van der Waals surface area contributed by atoms with Crippen molar-refractivity contribution in [3.8, 4) is 0 Å². The normalized spacial score (nSPS) is 54.8. The van der Waals surface area contributed by atoms with Gasteiger partial charge in [0.15, 0.2) is 5.78 Å². The van der Waals surface area contributed by atoms with E-state index >= 15 is 0 Å². The van der Waals surface area contributed by atoms with Crippen molar-refractivity contribution in [2.24, 2.45) is 40.4 Å². The molecule has 4 aliphatic carbocycles. The van der Waals surface area contributed by atoms with Crippen LogP contribution in [0, 0.1) is 40.4 Å². The Labute approximate surface area is 161 Å². The molecular formula is C22H34O5. The maximum atomic E-state index is 12.6. The van der Waals surface area contributed by atoms with Crippen LogP contribution in [-0.4, -0.2) is 45.2 Å². The molecule has 5 heteroatoms. The molecule has 4 fully saturated rings. The molecule has 27 heavy (non-hydrogen) atoms. The fraction of sp³-hybridized carbons (Fsp3) is 0.909. The van der Waals surface area contributed by atoms with Crippen LogP contribution in [0.4, 0.5) is 0 Å². The molecule has 0 amide bonds. The molecular weight excluding hydrogens is 344 g/mol. The van der Waals surface area contributed by atoms with Gasteiger partial charge in [-0.15, -0.1) is 0 Å². The summed E-state index contributed by atoms with van der Waals surface area (Å²) < 4.78 is 0. The number of aliphatic hydroxyl groups is 3. The number of Topliss-reactive ketones (excluding diaryl/α,β-unsaturated/α-hetero) is 2. The van der Waals surface area contributed by atoms with E-state index < -0.39 is 29.5 Å². The molecule has 0 saturated heterocycles. The lowest BCUT2D eigenvalue weighted by Crippen LogP contribution is -2.64. The van der Waals surface area contributed by atoms with Gasteiger partial charge in [0.05, 0.1) is 6.10 Å². The topological polar surface area (TPSA) is 94.8 Å². The van der Waals surface area contributed by atoms with Gasteiger partial charge in [0.1, 0.15) is 18.0 Å². The summed E-state index contributed by atoms with van der Waals surface area (Å²) in [5.41, 5.74) is -2.32. The highest BCUT2D eigenvalue weighted by atomic mass is 16.3. The van der Waals surface area contributed by atoms with E-state index in [1.807, 2.05) is 13.8 Å². The Balaban J connectivity index is 1.73. The summed E-state index contributed by atoms with van der Waals surface area (Å²) in [7, 11) is 0. The van der Waals surface area contributed by atoms with Crippen LogP contribution in [0.1, 0.15) is 65.7 Å². The second kappa shape index (κ2) is 6.11. The molecule has 9 atom stereocenters. The van der Waals surface area contributed by atoms with Crippen molar-refractivity contribution >= 4 is 11.6 Å². The summed E-state index contributed by atoms with van der Waals surface area (Å²) in [6, 6.07) is 0. The first kappa shape index (κ1) is 19.5. The number of carbonyl (C=O) groups is 2. The van der Waals surface area contributed by atoms with Crippen LogP contribution in [0.2, 0.25) is 0 Å². The molecule has 0 spiro atoms. The Morgan fingerprint density at radius 2 is 1.96 bits per heavy atom. The minimum absolute atomic E-state index is 0.0392. The van der Waals surface area contributed by atoms with E-state index in [4.69, 9.17) is 0 Å². The van der Waals surface area contributed by atoms with Gasteiger partial charge in [-0.2, -0.15) is 0 Å². The van der Waals surface area contributed by atoms with Crippen LogP contribution in [-0.2, 0) is 9.59 Å². The van der Waals surface area contributed by atoms with Gasteiger partial charge in [-0.3, -0.25) is 9.59 Å². The molecule has 0 heterocycles. The summed E-state index contributed by atoms with van der Waals surface area (Å²) in [6.45, 7) is 5.46. The third-order valence-corrected chi connectivity index (χ3v) is 9.56. The molecule has 0 aromatic carbocycles. The van der Waals surface area contributed by atoms with Crippen LogP contribution in [0.5, 0.6) is 0 Å². The number of aliphatic hydroxyl groups excluding tert-OH is 2. The Morgan fingerprint density at radius 1 is 1.26 bits per heavy atom. The monoisotopic (exact) mass is 378 g/mol. The first-order valence-electron chi connectivity index (χ1n) is 10.7. The average Bonchev–Trinajstić information content (AvgIpc) is 2.82. The van der Waals surface area contributed by atoms with Gasteiger partial charge in [-0.25, -0.2) is 0 Å². The van der Waals surface area contributed by atoms with E-state index in [-0.39, 0.29) is 29.1 Å². The molecule has 4 saturated carbocycles. The van der Waals surface area contributed by atoms with E-state index in [9.17, 15) is 24.9 Å². The van der Waals surface area contributed by atoms with Crippen LogP contribution in [0.25, 0.3) is 0 Å². The van der Waals surface area contributed by atoms with E-state index in [1.165, 1.54) is 0 Å². The van der Waals surface area contributed by atoms with E-state index in [0.29, 0.717) is 31.0 Å². The predicted octanol–water partition coefficient (Wildman–Crippen LogP) is 2.11. The summed E-state index contributed by atoms with van der Waals surface area (Å²) in [6.07, 6.45) is 4.59. The lowest BCUT2D eigenvalue weighted by Gasteiger charge is -2.62. The molecule has 3 N–H and O–H groups in total. The van der Waals surface area contributed by atoms with Crippen molar-refractivity contribution in [3.63, 3.8) is 0 Å². The molecule has 5 nitrogen and oxygen atoms in total. The van der Waals surface area contributed by atoms with Crippen LogP contribution >= 0.6 is 0 Å². The zero-order valence-electron chi connectivity index (χ0n) is 16.8. The number of ketones is 2. The van der Waals surface area contributed by atoms with Crippen LogP contribution in [0.3, 0.4) is 0 Å². The van der Waals surface area contributed by atoms with Crippen LogP contribution in [0.15, 0.2) is 0 Å². The molecule has 0 radical (unpaired) electrons. The van der Waals surface area contributed by atoms with Crippen molar-refractivity contribution in [1.29, 1.82) is 0 Å². The number of hydrogen-bond donors (Lipinski definition) is 3. The van der Waals surface area contributed by atoms with E-state index in [1.54, 1.807) is 0 Å². The van der Waals surface area contributed by atoms with Crippen molar-refractivity contribution < 1.29 is 24.9 Å². The molecule has 0 aromatic heterocycles. The highest BCUT2D eigenvalue weighted by Crippen LogP contribution is 2.69. The highest BCUT2D eigenvalue weighted by molar-refractivity contribution is 5.90. The Hall–Kier alpha value is -0.780. The lowest BCUT2D eigenvalue weighted by atomic mass is 9.43. The van der Waals surface area contributed by atoms with Gasteiger partial charge in [0, 0.05) is 18.3 Å². The number of carbonyl (C=O) groups excluding carboxylic acids is 2. The van der Waals surface area contributed by atoms with Gasteiger partial charge in [0.25, 0.3) is 0 Å². The molecule has 4 rings (SSSR count). The Morgan fingerprint density at radius 3 is 2.63 bits per heavy atom. The molecule has 152 valence electrons. The van der Waals surface area contributed by atoms with Gasteiger partial charge >= 0.3 is 0 Å². The summed E-state index contributed by atoms with van der Waals surface area (Å²) in [5.74, 6) is 0.513. The smallest absolute Gasteiger partial charge is 0.190 e. The number of hydrogen-bond acceptors (Lipinski definition) is 5. The number of rotatable bonds is 2. The maximum absolute atomic E-state index is 12.6. The maximum Gasteiger partial charge on any atom is 0.190 e. The SMILES string of the molecule is C[C@@H]1C[C@H]2[C@@H]3CC[C@H]4CC(=O)CC[C@]4(C)[C@H]3[C@@H](O)C[C@]2(C)[C@@]1(O)C(=O)CO. The zero-order chi connectivity index (χ0) is 19.8. The molecule has 0 aliphatic heterocycles. The second-order valence-electron chi connectivity index (χ2n) is 10.5. The van der Waals surface area contributed by atoms with Gasteiger partial charge in [0.2, 0.25) is 0 Å². The molecule has 0 bridgehead atoms. The summed E-state index contributed by atoms with van der Waals surface area (Å²) in [4.78, 5) is 24.6. The first-order chi connectivity index (χ1) is 12.6. The van der Waals surface area contributed by atoms with Crippen molar-refractivity contribution in [1.82, 2.24) is 0 Å². The van der Waals surface area contributed by atoms with Crippen molar-refractivity contribution in [2.45, 2.75) is 77.4 Å². The van der Waals surface area contributed by atoms with Crippen molar-refractivity contribution in [3.05, 3.63) is 0 Å². The lowest BCUT2D eigenvalue weighted by molar-refractivity contribution is -0.201. The largest absolute Gasteiger partial charge is 0.393 e. The Bertz CT molecular complexity index is 661. The van der Waals surface area contributed by atoms with E-state index in [0.717, 1.165) is 25.7 Å². The Kier molecular flexibility index (Phi) is 4.42. The number of fused-ring (bicyclic) bond motifs is 5. The fourth-order valence-electron chi connectivity index (χ4n) is 8.22. The third-order valence-electron chi connectivity index (χ3n) is 9.56. The van der Waals surface area contributed by atoms with Gasteiger partial charge in [-0.05, 0) is 67.1 Å². The minimum Gasteiger partial charge on any atom is -0.393 e. The molecule has 0 aromatic rings. The zero-order valence-corrected chi connectivity index (χ0v) is 16.8. The summed E-state index contributed by atoms with van der Waals surface area (Å²) in [5, 5.41) is 32.2. The first-order valence-corrected chi connectivity index (χ1v) is 10.7. The van der Waals surface area contributed by atoms with Crippen molar-refractivity contribution in [2.75, 3.05) is 6.61 Å². The summed E-state index contributed by atoms with van der Waals surface area (Å²) >= 11 is 0. The highest BCUT2D eigenvalue weighted by Gasteiger charge is 2.70. The third kappa shape index (κ3) is 2.34. The van der Waals surface area contributed by atoms with Crippen LogP contribution < -0.4 is 0 Å². The average molecular weight is 379 g/mol. The predicted molar refractivity (Wildman–Crippen MR) is 99.7 cm³/mol. The second-order valence-corrected chi connectivity index (χ2v) is 10.5. The van der Waals surface area contributed by atoms with Gasteiger partial charge < -0.3 is 15.3 Å². The minimum atomic E-state index is -1.57.